The van der Waals surface area contributed by atoms with Gasteiger partial charge in [0.1, 0.15) is 5.69 Å². The first-order valence-electron chi connectivity index (χ1n) is 11.7. The highest BCUT2D eigenvalue weighted by Gasteiger charge is 2.37. The summed E-state index contributed by atoms with van der Waals surface area (Å²) in [6, 6.07) is 15.6. The maximum atomic E-state index is 13.7. The van der Waals surface area contributed by atoms with Crippen molar-refractivity contribution in [3.63, 3.8) is 0 Å². The number of piperidine rings is 1. The molecule has 4 rings (SSSR count). The third kappa shape index (κ3) is 5.39. The van der Waals surface area contributed by atoms with Crippen molar-refractivity contribution in [1.29, 1.82) is 0 Å². The maximum absolute atomic E-state index is 13.7. The van der Waals surface area contributed by atoms with E-state index in [4.69, 9.17) is 4.52 Å². The zero-order valence-electron chi connectivity index (χ0n) is 20.6. The minimum absolute atomic E-state index is 0.0563. The lowest BCUT2D eigenvalue weighted by Gasteiger charge is -2.33. The molecule has 0 N–H and O–H groups in total. The first-order valence-corrected chi connectivity index (χ1v) is 13.2. The largest absolute Gasteiger partial charge is 0.355 e. The molecule has 0 spiro atoms. The Morgan fingerprint density at radius 1 is 1.03 bits per heavy atom. The topological polar surface area (TPSA) is 83.7 Å². The van der Waals surface area contributed by atoms with Gasteiger partial charge in [-0.2, -0.15) is 4.31 Å². The van der Waals surface area contributed by atoms with Crippen LogP contribution in [-0.4, -0.2) is 43.9 Å². The molecule has 3 aromatic rings. The fourth-order valence-electron chi connectivity index (χ4n) is 4.31. The van der Waals surface area contributed by atoms with Gasteiger partial charge in [-0.15, -0.1) is 0 Å². The fraction of sp³-hybridized carbons (Fsp3) is 0.333. The number of hydrogen-bond acceptors (Lipinski definition) is 5. The van der Waals surface area contributed by atoms with E-state index in [0.717, 1.165) is 22.4 Å². The third-order valence-electron chi connectivity index (χ3n) is 6.42. The lowest BCUT2D eigenvalue weighted by molar-refractivity contribution is -0.123. The highest BCUT2D eigenvalue weighted by molar-refractivity contribution is 7.89. The van der Waals surface area contributed by atoms with Gasteiger partial charge in [-0.05, 0) is 57.4 Å². The van der Waals surface area contributed by atoms with E-state index >= 15 is 0 Å². The smallest absolute Gasteiger partial charge is 0.248 e. The van der Waals surface area contributed by atoms with Crippen LogP contribution in [-0.2, 0) is 14.8 Å². The van der Waals surface area contributed by atoms with E-state index in [1.165, 1.54) is 4.31 Å². The number of carbonyl (C=O) groups is 1. The van der Waals surface area contributed by atoms with Crippen molar-refractivity contribution in [2.45, 2.75) is 38.5 Å². The molecule has 8 heteroatoms. The summed E-state index contributed by atoms with van der Waals surface area (Å²) in [5, 5.41) is 3.93. The van der Waals surface area contributed by atoms with E-state index in [2.05, 4.69) is 5.16 Å². The standard InChI is InChI=1S/C27H31N3O4S/c1-19-7-11-22(12-8-19)13-16-25-26(21(3)28-34-25)35(32,33)30-17-5-6-23(18-30)27(31)29(4)24-14-9-20(2)10-15-24/h7-16,23H,5-6,17-18H2,1-4H3/b16-13+/t23-/m0/s1. The minimum Gasteiger partial charge on any atom is -0.355 e. The molecule has 1 atom stereocenters. The number of nitrogens with zero attached hydrogens (tertiary/aromatic N) is 3. The van der Waals surface area contributed by atoms with Crippen LogP contribution in [0.15, 0.2) is 57.9 Å². The maximum Gasteiger partial charge on any atom is 0.248 e. The number of amides is 1. The molecule has 0 radical (unpaired) electrons. The molecule has 1 amide bonds. The number of carbonyl (C=O) groups excluding carboxylic acids is 1. The average molecular weight is 494 g/mol. The van der Waals surface area contributed by atoms with E-state index < -0.39 is 15.9 Å². The molecule has 7 nitrogen and oxygen atoms in total. The number of hydrogen-bond donors (Lipinski definition) is 0. The Balaban J connectivity index is 1.55. The van der Waals surface area contributed by atoms with E-state index in [-0.39, 0.29) is 23.1 Å². The second-order valence-electron chi connectivity index (χ2n) is 9.14. The van der Waals surface area contributed by atoms with Gasteiger partial charge in [-0.25, -0.2) is 8.42 Å². The molecule has 2 aromatic carbocycles. The van der Waals surface area contributed by atoms with Gasteiger partial charge in [0.25, 0.3) is 0 Å². The van der Waals surface area contributed by atoms with Gasteiger partial charge in [-0.3, -0.25) is 4.79 Å². The molecule has 1 saturated heterocycles. The van der Waals surface area contributed by atoms with Crippen LogP contribution in [0, 0.1) is 26.7 Å². The molecule has 2 heterocycles. The van der Waals surface area contributed by atoms with Crippen LogP contribution in [0.3, 0.4) is 0 Å². The van der Waals surface area contributed by atoms with E-state index in [1.54, 1.807) is 31.0 Å². The Kier molecular flexibility index (Phi) is 7.23. The van der Waals surface area contributed by atoms with Gasteiger partial charge in [0.15, 0.2) is 10.7 Å². The first kappa shape index (κ1) is 24.9. The number of aromatic nitrogens is 1. The zero-order chi connectivity index (χ0) is 25.2. The number of aryl methyl sites for hydroxylation is 3. The molecular weight excluding hydrogens is 462 g/mol. The predicted octanol–water partition coefficient (Wildman–Crippen LogP) is 4.83. The summed E-state index contributed by atoms with van der Waals surface area (Å²) >= 11 is 0. The molecular formula is C27H31N3O4S. The van der Waals surface area contributed by atoms with Crippen molar-refractivity contribution in [3.8, 4) is 0 Å². The van der Waals surface area contributed by atoms with Crippen LogP contribution in [0.1, 0.15) is 41.0 Å². The number of benzene rings is 2. The van der Waals surface area contributed by atoms with Crippen molar-refractivity contribution in [1.82, 2.24) is 9.46 Å². The second-order valence-corrected chi connectivity index (χ2v) is 11.0. The molecule has 0 unspecified atom stereocenters. The lowest BCUT2D eigenvalue weighted by atomic mass is 9.98. The van der Waals surface area contributed by atoms with Gasteiger partial charge >= 0.3 is 0 Å². The molecule has 1 aliphatic heterocycles. The number of anilines is 1. The molecule has 1 aromatic heterocycles. The van der Waals surface area contributed by atoms with Crippen molar-refractivity contribution in [3.05, 3.63) is 76.7 Å². The van der Waals surface area contributed by atoms with Crippen LogP contribution in [0.2, 0.25) is 0 Å². The SMILES string of the molecule is Cc1ccc(/C=C/c2onc(C)c2S(=O)(=O)N2CCC[C@H](C(=O)N(C)c3ccc(C)cc3)C2)cc1. The first-order chi connectivity index (χ1) is 16.7. The highest BCUT2D eigenvalue weighted by Crippen LogP contribution is 2.30. The Morgan fingerprint density at radius 3 is 2.31 bits per heavy atom. The van der Waals surface area contributed by atoms with Gasteiger partial charge in [0, 0.05) is 25.8 Å². The summed E-state index contributed by atoms with van der Waals surface area (Å²) in [6.07, 6.45) is 4.69. The van der Waals surface area contributed by atoms with Crippen LogP contribution < -0.4 is 4.90 Å². The van der Waals surface area contributed by atoms with E-state index in [0.29, 0.717) is 25.1 Å². The van der Waals surface area contributed by atoms with Gasteiger partial charge in [-0.1, -0.05) is 58.8 Å². The molecule has 0 saturated carbocycles. The van der Waals surface area contributed by atoms with Gasteiger partial charge in [0.2, 0.25) is 15.9 Å². The summed E-state index contributed by atoms with van der Waals surface area (Å²) < 4.78 is 34.1. The summed E-state index contributed by atoms with van der Waals surface area (Å²) in [7, 11) is -2.16. The van der Waals surface area contributed by atoms with E-state index in [9.17, 15) is 13.2 Å². The number of sulfonamides is 1. The summed E-state index contributed by atoms with van der Waals surface area (Å²) in [5.41, 5.74) is 4.28. The van der Waals surface area contributed by atoms with E-state index in [1.807, 2.05) is 62.4 Å². The molecule has 1 fully saturated rings. The van der Waals surface area contributed by atoms with Crippen LogP contribution in [0.5, 0.6) is 0 Å². The van der Waals surface area contributed by atoms with Gasteiger partial charge in [0.05, 0.1) is 5.92 Å². The third-order valence-corrected chi connectivity index (χ3v) is 8.44. The Labute approximate surface area is 207 Å². The molecule has 35 heavy (non-hydrogen) atoms. The van der Waals surface area contributed by atoms with Crippen molar-refractivity contribution in [2.75, 3.05) is 25.0 Å². The zero-order valence-corrected chi connectivity index (χ0v) is 21.4. The Morgan fingerprint density at radius 2 is 1.66 bits per heavy atom. The number of rotatable bonds is 6. The van der Waals surface area contributed by atoms with Crippen molar-refractivity contribution >= 4 is 33.8 Å². The van der Waals surface area contributed by atoms with Crippen LogP contribution >= 0.6 is 0 Å². The fourth-order valence-corrected chi connectivity index (χ4v) is 6.08. The quantitative estimate of drug-likeness (QED) is 0.491. The Hall–Kier alpha value is -3.23. The molecule has 0 bridgehead atoms. The monoisotopic (exact) mass is 493 g/mol. The summed E-state index contributed by atoms with van der Waals surface area (Å²) in [4.78, 5) is 14.9. The second kappa shape index (κ2) is 10.2. The van der Waals surface area contributed by atoms with Crippen LogP contribution in [0.25, 0.3) is 12.2 Å². The van der Waals surface area contributed by atoms with Crippen molar-refractivity contribution < 1.29 is 17.7 Å². The summed E-state index contributed by atoms with van der Waals surface area (Å²) in [6.45, 7) is 6.10. The lowest BCUT2D eigenvalue weighted by Crippen LogP contribution is -2.46. The average Bonchev–Trinajstić information content (AvgIpc) is 3.24. The molecule has 184 valence electrons. The normalized spacial score (nSPS) is 17.1. The minimum atomic E-state index is -3.90. The van der Waals surface area contributed by atoms with Crippen LogP contribution in [0.4, 0.5) is 5.69 Å². The van der Waals surface area contributed by atoms with Crippen molar-refractivity contribution in [2.24, 2.45) is 5.92 Å². The Bertz CT molecular complexity index is 1330. The van der Waals surface area contributed by atoms with Gasteiger partial charge < -0.3 is 9.42 Å². The predicted molar refractivity (Wildman–Crippen MR) is 137 cm³/mol. The molecule has 0 aliphatic carbocycles. The molecule has 1 aliphatic rings. The highest BCUT2D eigenvalue weighted by atomic mass is 32.2. The summed E-state index contributed by atoms with van der Waals surface area (Å²) in [5.74, 6) is -0.319.